The highest BCUT2D eigenvalue weighted by atomic mass is 16.5. The van der Waals surface area contributed by atoms with Gasteiger partial charge in [-0.25, -0.2) is 0 Å². The van der Waals surface area contributed by atoms with Gasteiger partial charge in [0.25, 0.3) is 11.8 Å². The van der Waals surface area contributed by atoms with Crippen molar-refractivity contribution in [3.05, 3.63) is 29.8 Å². The van der Waals surface area contributed by atoms with Crippen LogP contribution in [0.5, 0.6) is 5.75 Å². The second kappa shape index (κ2) is 9.79. The molecular formula is C19H26N2O5. The maximum absolute atomic E-state index is 12.4. The number of benzene rings is 1. The number of methoxy groups -OCH3 is 1. The van der Waals surface area contributed by atoms with Gasteiger partial charge in [0.05, 0.1) is 12.7 Å². The van der Waals surface area contributed by atoms with Crippen LogP contribution in [0, 0.1) is 0 Å². The Morgan fingerprint density at radius 1 is 1.12 bits per heavy atom. The van der Waals surface area contributed by atoms with Crippen molar-refractivity contribution in [2.75, 3.05) is 26.7 Å². The molecule has 1 atom stereocenters. The molecule has 0 saturated carbocycles. The molecule has 1 aliphatic heterocycles. The zero-order valence-corrected chi connectivity index (χ0v) is 15.3. The monoisotopic (exact) mass is 362 g/mol. The Morgan fingerprint density at radius 2 is 1.77 bits per heavy atom. The third-order valence-electron chi connectivity index (χ3n) is 4.32. The Balaban J connectivity index is 1.82. The summed E-state index contributed by atoms with van der Waals surface area (Å²) in [6.07, 6.45) is 3.33. The van der Waals surface area contributed by atoms with E-state index in [-0.39, 0.29) is 12.5 Å². The van der Waals surface area contributed by atoms with Crippen LogP contribution in [-0.2, 0) is 14.3 Å². The van der Waals surface area contributed by atoms with Gasteiger partial charge in [-0.2, -0.15) is 0 Å². The highest BCUT2D eigenvalue weighted by Crippen LogP contribution is 2.16. The Hall–Kier alpha value is -2.57. The predicted octanol–water partition coefficient (Wildman–Crippen LogP) is 1.76. The molecule has 0 aromatic heterocycles. The standard InChI is InChI=1S/C19H26N2O5/c1-14(19(24)21-11-7-3-4-8-12-21)26-17(22)13-20-18(23)15-9-5-6-10-16(15)25-2/h5-6,9-10,14H,3-4,7-8,11-13H2,1-2H3,(H,20,23)/t14-/m0/s1. The van der Waals surface area contributed by atoms with Crippen molar-refractivity contribution in [3.8, 4) is 5.75 Å². The third-order valence-corrected chi connectivity index (χ3v) is 4.32. The molecule has 1 aromatic rings. The number of amides is 2. The topological polar surface area (TPSA) is 84.9 Å². The van der Waals surface area contributed by atoms with E-state index in [1.54, 1.807) is 36.1 Å². The van der Waals surface area contributed by atoms with Gasteiger partial charge in [0.1, 0.15) is 12.3 Å². The van der Waals surface area contributed by atoms with Gasteiger partial charge in [-0.05, 0) is 31.9 Å². The van der Waals surface area contributed by atoms with E-state index in [4.69, 9.17) is 9.47 Å². The summed E-state index contributed by atoms with van der Waals surface area (Å²) in [6.45, 7) is 2.65. The number of hydrogen-bond donors (Lipinski definition) is 1. The Kier molecular flexibility index (Phi) is 7.44. The summed E-state index contributed by atoms with van der Waals surface area (Å²) in [5.41, 5.74) is 0.330. The SMILES string of the molecule is COc1ccccc1C(=O)NCC(=O)O[C@@H](C)C(=O)N1CCCCCC1. The molecular weight excluding hydrogens is 336 g/mol. The first-order valence-corrected chi connectivity index (χ1v) is 8.92. The largest absolute Gasteiger partial charge is 0.496 e. The van der Waals surface area contributed by atoms with Gasteiger partial charge in [0.2, 0.25) is 0 Å². The number of ether oxygens (including phenoxy) is 2. The summed E-state index contributed by atoms with van der Waals surface area (Å²) in [6, 6.07) is 6.72. The van der Waals surface area contributed by atoms with E-state index in [2.05, 4.69) is 5.32 Å². The van der Waals surface area contributed by atoms with E-state index in [9.17, 15) is 14.4 Å². The van der Waals surface area contributed by atoms with E-state index in [1.165, 1.54) is 7.11 Å². The van der Waals surface area contributed by atoms with Crippen molar-refractivity contribution < 1.29 is 23.9 Å². The third kappa shape index (κ3) is 5.47. The van der Waals surface area contributed by atoms with Crippen molar-refractivity contribution in [1.29, 1.82) is 0 Å². The zero-order chi connectivity index (χ0) is 18.9. The van der Waals surface area contributed by atoms with E-state index in [0.29, 0.717) is 24.4 Å². The molecule has 142 valence electrons. The smallest absolute Gasteiger partial charge is 0.326 e. The van der Waals surface area contributed by atoms with Crippen molar-refractivity contribution in [2.45, 2.75) is 38.7 Å². The molecule has 1 aliphatic rings. The highest BCUT2D eigenvalue weighted by Gasteiger charge is 2.24. The van der Waals surface area contributed by atoms with Crippen LogP contribution < -0.4 is 10.1 Å². The molecule has 0 unspecified atom stereocenters. The van der Waals surface area contributed by atoms with Gasteiger partial charge in [-0.1, -0.05) is 25.0 Å². The first-order chi connectivity index (χ1) is 12.5. The number of carbonyl (C=O) groups excluding carboxylic acids is 3. The molecule has 1 saturated heterocycles. The lowest BCUT2D eigenvalue weighted by Gasteiger charge is -2.24. The van der Waals surface area contributed by atoms with Gasteiger partial charge in [-0.3, -0.25) is 14.4 Å². The Bertz CT molecular complexity index is 639. The molecule has 7 nitrogen and oxygen atoms in total. The van der Waals surface area contributed by atoms with Gasteiger partial charge in [-0.15, -0.1) is 0 Å². The first kappa shape index (κ1) is 19.8. The molecule has 0 bridgehead atoms. The number of hydrogen-bond acceptors (Lipinski definition) is 5. The summed E-state index contributed by atoms with van der Waals surface area (Å²) < 4.78 is 10.3. The fourth-order valence-corrected chi connectivity index (χ4v) is 2.92. The minimum Gasteiger partial charge on any atom is -0.496 e. The zero-order valence-electron chi connectivity index (χ0n) is 15.3. The molecule has 7 heteroatoms. The maximum Gasteiger partial charge on any atom is 0.326 e. The molecule has 2 amide bonds. The van der Waals surface area contributed by atoms with Crippen LogP contribution >= 0.6 is 0 Å². The van der Waals surface area contributed by atoms with Gasteiger partial charge in [0, 0.05) is 13.1 Å². The molecule has 1 fully saturated rings. The summed E-state index contributed by atoms with van der Waals surface area (Å²) in [5.74, 6) is -0.853. The van der Waals surface area contributed by atoms with Crippen molar-refractivity contribution in [3.63, 3.8) is 0 Å². The number of nitrogens with zero attached hydrogens (tertiary/aromatic N) is 1. The Labute approximate surface area is 153 Å². The molecule has 2 rings (SSSR count). The number of rotatable bonds is 6. The minimum atomic E-state index is -0.858. The van der Waals surface area contributed by atoms with Crippen LogP contribution in [0.3, 0.4) is 0 Å². The Morgan fingerprint density at radius 3 is 2.42 bits per heavy atom. The number of likely N-dealkylation sites (tertiary alicyclic amines) is 1. The van der Waals surface area contributed by atoms with Crippen LogP contribution in [0.15, 0.2) is 24.3 Å². The fourth-order valence-electron chi connectivity index (χ4n) is 2.92. The molecule has 1 N–H and O–H groups in total. The number of esters is 1. The fraction of sp³-hybridized carbons (Fsp3) is 0.526. The van der Waals surface area contributed by atoms with Crippen molar-refractivity contribution >= 4 is 17.8 Å². The van der Waals surface area contributed by atoms with Crippen LogP contribution in [0.25, 0.3) is 0 Å². The van der Waals surface area contributed by atoms with E-state index in [0.717, 1.165) is 25.7 Å². The van der Waals surface area contributed by atoms with Gasteiger partial charge in [0.15, 0.2) is 6.10 Å². The quantitative estimate of drug-likeness (QED) is 0.780. The lowest BCUT2D eigenvalue weighted by atomic mass is 10.2. The van der Waals surface area contributed by atoms with Gasteiger partial charge >= 0.3 is 5.97 Å². The average Bonchev–Trinajstić information content (AvgIpc) is 2.94. The minimum absolute atomic E-state index is 0.184. The lowest BCUT2D eigenvalue weighted by Crippen LogP contribution is -2.42. The average molecular weight is 362 g/mol. The van der Waals surface area contributed by atoms with Crippen LogP contribution in [-0.4, -0.2) is 55.5 Å². The molecule has 0 radical (unpaired) electrons. The highest BCUT2D eigenvalue weighted by molar-refractivity contribution is 5.98. The summed E-state index contributed by atoms with van der Waals surface area (Å²) in [4.78, 5) is 38.2. The second-order valence-electron chi connectivity index (χ2n) is 6.25. The summed E-state index contributed by atoms with van der Waals surface area (Å²) >= 11 is 0. The molecule has 26 heavy (non-hydrogen) atoms. The van der Waals surface area contributed by atoms with E-state index in [1.807, 2.05) is 0 Å². The first-order valence-electron chi connectivity index (χ1n) is 8.92. The van der Waals surface area contributed by atoms with Gasteiger partial charge < -0.3 is 19.7 Å². The molecule has 1 heterocycles. The predicted molar refractivity (Wildman–Crippen MR) is 95.9 cm³/mol. The van der Waals surface area contributed by atoms with E-state index >= 15 is 0 Å². The molecule has 0 aliphatic carbocycles. The summed E-state index contributed by atoms with van der Waals surface area (Å²) in [5, 5.41) is 2.49. The molecule has 1 aromatic carbocycles. The van der Waals surface area contributed by atoms with E-state index < -0.39 is 18.0 Å². The number of para-hydroxylation sites is 1. The van der Waals surface area contributed by atoms with Crippen LogP contribution in [0.1, 0.15) is 43.0 Å². The molecule has 0 spiro atoms. The van der Waals surface area contributed by atoms with Crippen molar-refractivity contribution in [2.24, 2.45) is 0 Å². The normalized spacial score (nSPS) is 15.5. The maximum atomic E-state index is 12.4. The number of carbonyl (C=O) groups is 3. The van der Waals surface area contributed by atoms with Crippen LogP contribution in [0.4, 0.5) is 0 Å². The van der Waals surface area contributed by atoms with Crippen molar-refractivity contribution in [1.82, 2.24) is 10.2 Å². The lowest BCUT2D eigenvalue weighted by molar-refractivity contribution is -0.158. The number of nitrogens with one attached hydrogen (secondary N) is 1. The summed E-state index contributed by atoms with van der Waals surface area (Å²) in [7, 11) is 1.47. The second-order valence-corrected chi connectivity index (χ2v) is 6.25. The van der Waals surface area contributed by atoms with Crippen LogP contribution in [0.2, 0.25) is 0 Å².